The number of aromatic carboxylic acids is 1. The predicted molar refractivity (Wildman–Crippen MR) is 44.8 cm³/mol. The average Bonchev–Trinajstić information content (AvgIpc) is 2.03. The first-order chi connectivity index (χ1) is 6.02. The normalized spacial score (nSPS) is 8.93. The molecule has 0 radical (unpaired) electrons. The Hall–Kier alpha value is -0.274. The maximum Gasteiger partial charge on any atom is 1.00 e. The molecule has 1 N–H and O–H groups in total. The molecule has 1 aromatic rings. The van der Waals surface area contributed by atoms with Crippen molar-refractivity contribution in [1.29, 1.82) is 0 Å². The van der Waals surface area contributed by atoms with E-state index in [2.05, 4.69) is 0 Å². The maximum absolute atomic E-state index is 10.6. The first-order valence-electron chi connectivity index (χ1n) is 3.50. The van der Waals surface area contributed by atoms with E-state index in [1.165, 1.54) is 18.2 Å². The van der Waals surface area contributed by atoms with E-state index in [1.807, 2.05) is 0 Å². The maximum atomic E-state index is 10.6. The predicted octanol–water partition coefficient (Wildman–Crippen LogP) is -1.39. The molecule has 0 spiro atoms. The minimum Gasteiger partial charge on any atom is -0.477 e. The van der Waals surface area contributed by atoms with E-state index in [1.54, 1.807) is 6.92 Å². The summed E-state index contributed by atoms with van der Waals surface area (Å²) in [4.78, 5) is 20.2. The van der Waals surface area contributed by atoms with Gasteiger partial charge in [0.2, 0.25) is 0 Å². The average molecular weight is 220 g/mol. The topological polar surface area (TPSA) is 80.4 Å². The minimum absolute atomic E-state index is 0. The molecule has 0 aliphatic rings. The first-order valence-corrected chi connectivity index (χ1v) is 3.50. The number of carbonyl (C=O) groups is 1. The van der Waals surface area contributed by atoms with Crippen molar-refractivity contribution in [2.75, 3.05) is 0 Å². The number of nitro benzene ring substituents is 1. The molecule has 0 atom stereocenters. The summed E-state index contributed by atoms with van der Waals surface area (Å²) >= 11 is 0. The third kappa shape index (κ3) is 3.14. The van der Waals surface area contributed by atoms with Crippen molar-refractivity contribution in [2.45, 2.75) is 6.92 Å². The summed E-state index contributed by atoms with van der Waals surface area (Å²) in [5.74, 6) is -1.28. The van der Waals surface area contributed by atoms with Gasteiger partial charge in [-0.2, -0.15) is 0 Å². The SMILES string of the molecule is Cc1ccc([N+](=O)[O-])c(C(=O)O)c1.[K+]. The molecule has 0 aliphatic heterocycles. The second-order valence-corrected chi connectivity index (χ2v) is 2.58. The molecule has 6 heteroatoms. The second-order valence-electron chi connectivity index (χ2n) is 2.58. The fourth-order valence-electron chi connectivity index (χ4n) is 0.980. The minimum atomic E-state index is -1.28. The van der Waals surface area contributed by atoms with Gasteiger partial charge in [-0.25, -0.2) is 4.79 Å². The molecule has 0 bridgehead atoms. The molecule has 68 valence electrons. The van der Waals surface area contributed by atoms with Crippen LogP contribution in [0.15, 0.2) is 18.2 Å². The number of carboxylic acids is 1. The Labute approximate surface area is 123 Å². The van der Waals surface area contributed by atoms with Crippen LogP contribution in [-0.4, -0.2) is 16.0 Å². The summed E-state index contributed by atoms with van der Waals surface area (Å²) < 4.78 is 0. The fourth-order valence-corrected chi connectivity index (χ4v) is 0.980. The Morgan fingerprint density at radius 2 is 2.07 bits per heavy atom. The Morgan fingerprint density at radius 1 is 1.50 bits per heavy atom. The zero-order valence-electron chi connectivity index (χ0n) is 7.85. The van der Waals surface area contributed by atoms with E-state index in [9.17, 15) is 14.9 Å². The van der Waals surface area contributed by atoms with Crippen LogP contribution in [0.3, 0.4) is 0 Å². The fraction of sp³-hybridized carbons (Fsp3) is 0.125. The summed E-state index contributed by atoms with van der Waals surface area (Å²) in [6.07, 6.45) is 0. The third-order valence-corrected chi connectivity index (χ3v) is 1.58. The number of nitrogens with zero attached hydrogens (tertiary/aromatic N) is 1. The molecule has 5 nitrogen and oxygen atoms in total. The van der Waals surface area contributed by atoms with Gasteiger partial charge in [-0.3, -0.25) is 10.1 Å². The quantitative estimate of drug-likeness (QED) is 0.378. The van der Waals surface area contributed by atoms with Gasteiger partial charge in [0, 0.05) is 6.07 Å². The number of hydrogen-bond donors (Lipinski definition) is 1. The van der Waals surface area contributed by atoms with Crippen molar-refractivity contribution in [2.24, 2.45) is 0 Å². The Kier molecular flexibility index (Phi) is 5.46. The van der Waals surface area contributed by atoms with Crippen LogP contribution in [-0.2, 0) is 0 Å². The molecule has 0 aromatic heterocycles. The van der Waals surface area contributed by atoms with Crippen LogP contribution in [0.4, 0.5) is 5.69 Å². The molecular formula is C8H7KNO4+. The van der Waals surface area contributed by atoms with Gasteiger partial charge >= 0.3 is 57.4 Å². The van der Waals surface area contributed by atoms with E-state index in [0.717, 1.165) is 0 Å². The first kappa shape index (κ1) is 13.7. The zero-order chi connectivity index (χ0) is 10.0. The summed E-state index contributed by atoms with van der Waals surface area (Å²) in [6, 6.07) is 3.98. The van der Waals surface area contributed by atoms with E-state index >= 15 is 0 Å². The van der Waals surface area contributed by atoms with Gasteiger partial charge < -0.3 is 5.11 Å². The molecule has 0 amide bonds. The van der Waals surface area contributed by atoms with Gasteiger partial charge in [0.1, 0.15) is 5.56 Å². The smallest absolute Gasteiger partial charge is 0.477 e. The van der Waals surface area contributed by atoms with Crippen LogP contribution in [0.2, 0.25) is 0 Å². The standard InChI is InChI=1S/C8H7NO4.K/c1-5-2-3-7(9(12)13)6(4-5)8(10)11;/h2-4H,1H3,(H,10,11);/q;+1. The van der Waals surface area contributed by atoms with Gasteiger partial charge in [0.25, 0.3) is 5.69 Å². The van der Waals surface area contributed by atoms with Crippen LogP contribution >= 0.6 is 0 Å². The van der Waals surface area contributed by atoms with E-state index in [-0.39, 0.29) is 62.6 Å². The van der Waals surface area contributed by atoms with Crippen LogP contribution in [0.5, 0.6) is 0 Å². The van der Waals surface area contributed by atoms with E-state index < -0.39 is 10.9 Å². The summed E-state index contributed by atoms with van der Waals surface area (Å²) in [6.45, 7) is 1.68. The molecule has 0 saturated heterocycles. The number of aryl methyl sites for hydroxylation is 1. The number of benzene rings is 1. The number of nitro groups is 1. The molecule has 1 aromatic carbocycles. The van der Waals surface area contributed by atoms with E-state index in [4.69, 9.17) is 5.11 Å². The van der Waals surface area contributed by atoms with Crippen molar-refractivity contribution in [3.8, 4) is 0 Å². The summed E-state index contributed by atoms with van der Waals surface area (Å²) in [5, 5.41) is 19.0. The largest absolute Gasteiger partial charge is 1.00 e. The van der Waals surface area contributed by atoms with Crippen LogP contribution in [0.1, 0.15) is 15.9 Å². The Bertz CT molecular complexity index is 378. The third-order valence-electron chi connectivity index (χ3n) is 1.58. The van der Waals surface area contributed by atoms with Crippen molar-refractivity contribution in [3.05, 3.63) is 39.4 Å². The van der Waals surface area contributed by atoms with Gasteiger partial charge in [0.05, 0.1) is 4.92 Å². The molecule has 0 saturated carbocycles. The molecule has 0 fully saturated rings. The van der Waals surface area contributed by atoms with Crippen molar-refractivity contribution >= 4 is 11.7 Å². The molecule has 0 heterocycles. The number of hydrogen-bond acceptors (Lipinski definition) is 3. The zero-order valence-corrected chi connectivity index (χ0v) is 11.0. The van der Waals surface area contributed by atoms with Crippen LogP contribution in [0, 0.1) is 17.0 Å². The molecule has 14 heavy (non-hydrogen) atoms. The van der Waals surface area contributed by atoms with Gasteiger partial charge in [0.15, 0.2) is 0 Å². The molecule has 1 rings (SSSR count). The monoisotopic (exact) mass is 220 g/mol. The van der Waals surface area contributed by atoms with Crippen LogP contribution < -0.4 is 51.4 Å². The Morgan fingerprint density at radius 3 is 2.50 bits per heavy atom. The summed E-state index contributed by atoms with van der Waals surface area (Å²) in [5.41, 5.74) is 0.0334. The van der Waals surface area contributed by atoms with Gasteiger partial charge in [-0.1, -0.05) is 6.07 Å². The number of rotatable bonds is 2. The number of carboxylic acid groups (broad SMARTS) is 1. The van der Waals surface area contributed by atoms with Crippen molar-refractivity contribution in [3.63, 3.8) is 0 Å². The summed E-state index contributed by atoms with van der Waals surface area (Å²) in [7, 11) is 0. The second kappa shape index (κ2) is 5.57. The Balaban J connectivity index is 0.00000169. The molecule has 0 unspecified atom stereocenters. The molecule has 0 aliphatic carbocycles. The van der Waals surface area contributed by atoms with Crippen molar-refractivity contribution in [1.82, 2.24) is 0 Å². The van der Waals surface area contributed by atoms with Gasteiger partial charge in [-0.05, 0) is 18.6 Å². The van der Waals surface area contributed by atoms with Gasteiger partial charge in [-0.15, -0.1) is 0 Å². The molecular weight excluding hydrogens is 213 g/mol. The van der Waals surface area contributed by atoms with Crippen LogP contribution in [0.25, 0.3) is 0 Å². The van der Waals surface area contributed by atoms with E-state index in [0.29, 0.717) is 5.56 Å². The van der Waals surface area contributed by atoms with Crippen molar-refractivity contribution < 1.29 is 66.2 Å².